The largest absolute Gasteiger partial charge is 0.465 e. The zero-order valence-corrected chi connectivity index (χ0v) is 27.7. The Kier molecular flexibility index (Phi) is 11.1. The molecule has 2 fully saturated rings. The van der Waals surface area contributed by atoms with Crippen molar-refractivity contribution >= 4 is 29.9 Å². The molecule has 0 spiro atoms. The van der Waals surface area contributed by atoms with Gasteiger partial charge >= 0.3 is 23.9 Å². The number of carboxylic acid groups (broad SMARTS) is 1. The van der Waals surface area contributed by atoms with Crippen LogP contribution in [0, 0.1) is 0 Å². The van der Waals surface area contributed by atoms with Crippen LogP contribution < -0.4 is 21.6 Å². The maximum atomic E-state index is 12.8. The lowest BCUT2D eigenvalue weighted by atomic mass is 10.0. The van der Waals surface area contributed by atoms with E-state index >= 15 is 0 Å². The lowest BCUT2D eigenvalue weighted by molar-refractivity contribution is -0.138. The molecule has 15 heteroatoms. The zero-order valence-electron chi connectivity index (χ0n) is 27.7. The van der Waals surface area contributed by atoms with Crippen molar-refractivity contribution in [2.45, 2.75) is 71.1 Å². The van der Waals surface area contributed by atoms with E-state index in [4.69, 9.17) is 9.84 Å². The van der Waals surface area contributed by atoms with E-state index < -0.39 is 29.0 Å². The number of carbonyl (C=O) groups excluding carboxylic acids is 3. The maximum absolute atomic E-state index is 12.8. The minimum atomic E-state index is -1.29. The van der Waals surface area contributed by atoms with Gasteiger partial charge in [0.05, 0.1) is 5.69 Å². The molecule has 2 aliphatic rings. The van der Waals surface area contributed by atoms with E-state index in [-0.39, 0.29) is 50.0 Å². The van der Waals surface area contributed by atoms with Crippen molar-refractivity contribution in [3.63, 3.8) is 0 Å². The summed E-state index contributed by atoms with van der Waals surface area (Å²) < 4.78 is 6.76. The Balaban J connectivity index is 1.22. The molecule has 0 unspecified atom stereocenters. The van der Waals surface area contributed by atoms with Crippen LogP contribution in [0.2, 0.25) is 0 Å². The summed E-state index contributed by atoms with van der Waals surface area (Å²) in [5.41, 5.74) is -0.552. The van der Waals surface area contributed by atoms with Gasteiger partial charge in [0.25, 0.3) is 0 Å². The van der Waals surface area contributed by atoms with Crippen molar-refractivity contribution in [2.24, 2.45) is 0 Å². The van der Waals surface area contributed by atoms with Crippen LogP contribution in [0.5, 0.6) is 0 Å². The number of likely N-dealkylation sites (tertiary alicyclic amines) is 1. The molecule has 15 nitrogen and oxygen atoms in total. The predicted octanol–water partition coefficient (Wildman–Crippen LogP) is 2.49. The predicted molar refractivity (Wildman–Crippen MR) is 175 cm³/mol. The summed E-state index contributed by atoms with van der Waals surface area (Å²) in [6.07, 6.45) is 2.49. The number of aromatic nitrogens is 2. The van der Waals surface area contributed by atoms with E-state index in [0.29, 0.717) is 5.69 Å². The Morgan fingerprint density at radius 1 is 0.915 bits per heavy atom. The number of anilines is 1. The summed E-state index contributed by atoms with van der Waals surface area (Å²) in [7, 11) is 0. The first-order chi connectivity index (χ1) is 22.1. The van der Waals surface area contributed by atoms with Crippen LogP contribution in [-0.4, -0.2) is 116 Å². The molecule has 1 aromatic heterocycles. The highest BCUT2D eigenvalue weighted by Crippen LogP contribution is 2.16. The van der Waals surface area contributed by atoms with E-state index in [1.165, 1.54) is 28.2 Å². The fourth-order valence-electron chi connectivity index (χ4n) is 5.57. The summed E-state index contributed by atoms with van der Waals surface area (Å²) in [5, 5.41) is 16.8. The van der Waals surface area contributed by atoms with Crippen LogP contribution in [0.25, 0.3) is 5.69 Å². The van der Waals surface area contributed by atoms with Crippen molar-refractivity contribution in [1.29, 1.82) is 0 Å². The molecule has 2 aliphatic heterocycles. The van der Waals surface area contributed by atoms with E-state index in [1.807, 2.05) is 45.0 Å². The SMILES string of the molecule is CC(C)(C)OC(=O)NC1CCN(CCc2ccc(-n3ccc(NC(=O)N4CCN(C(=O)C(C)(C)NC(=O)O)CC4)nc3=O)cc2)CC1. The summed E-state index contributed by atoms with van der Waals surface area (Å²) in [4.78, 5) is 70.8. The van der Waals surface area contributed by atoms with Crippen LogP contribution in [0.3, 0.4) is 0 Å². The highest BCUT2D eigenvalue weighted by atomic mass is 16.6. The average molecular weight is 655 g/mol. The highest BCUT2D eigenvalue weighted by molar-refractivity contribution is 5.90. The molecule has 2 aromatic rings. The molecule has 256 valence electrons. The minimum absolute atomic E-state index is 0.114. The fourth-order valence-corrected chi connectivity index (χ4v) is 5.57. The molecule has 0 aliphatic carbocycles. The van der Waals surface area contributed by atoms with Crippen molar-refractivity contribution in [1.82, 2.24) is 34.9 Å². The third-order valence-electron chi connectivity index (χ3n) is 8.09. The Hall–Kier alpha value is -4.66. The van der Waals surface area contributed by atoms with Crippen molar-refractivity contribution in [3.05, 3.63) is 52.6 Å². The summed E-state index contributed by atoms with van der Waals surface area (Å²) >= 11 is 0. The van der Waals surface area contributed by atoms with Crippen LogP contribution in [0.1, 0.15) is 53.0 Å². The van der Waals surface area contributed by atoms with Crippen molar-refractivity contribution in [2.75, 3.05) is 51.1 Å². The molecule has 0 bridgehead atoms. The molecule has 47 heavy (non-hydrogen) atoms. The monoisotopic (exact) mass is 654 g/mol. The molecule has 1 aromatic carbocycles. The van der Waals surface area contributed by atoms with E-state index in [2.05, 4.69) is 25.8 Å². The molecular formula is C32H46N8O7. The number of amides is 5. The molecule has 5 amide bonds. The molecule has 4 rings (SSSR count). The second kappa shape index (κ2) is 14.8. The Labute approximate surface area is 274 Å². The molecule has 4 N–H and O–H groups in total. The van der Waals surface area contributed by atoms with Gasteiger partial charge in [-0.2, -0.15) is 4.98 Å². The van der Waals surface area contributed by atoms with Gasteiger partial charge in [0.15, 0.2) is 0 Å². The summed E-state index contributed by atoms with van der Waals surface area (Å²) in [6.45, 7) is 12.2. The van der Waals surface area contributed by atoms with Gasteiger partial charge in [-0.1, -0.05) is 12.1 Å². The number of carbonyl (C=O) groups is 4. The molecule has 0 saturated carbocycles. The van der Waals surface area contributed by atoms with Gasteiger partial charge in [-0.3, -0.25) is 14.7 Å². The van der Waals surface area contributed by atoms with Crippen LogP contribution in [0.15, 0.2) is 41.3 Å². The summed E-state index contributed by atoms with van der Waals surface area (Å²) in [5.74, 6) is -0.257. The smallest absolute Gasteiger partial charge is 0.407 e. The standard InChI is InChI=1S/C32H46N8O7/c1-31(2,3)47-30(46)33-23-11-15-37(16-12-23)14-10-22-6-8-24(9-7-22)40-17-13-25(35-28(40)43)34-27(42)39-20-18-38(19-21-39)26(41)32(4,5)36-29(44)45/h6-9,13,17,23,36H,10-12,14-16,18-21H2,1-5H3,(H,33,46)(H,44,45)(H,34,35,42,43). The molecule has 0 radical (unpaired) electrons. The Bertz CT molecular complexity index is 1490. The molecule has 0 atom stereocenters. The van der Waals surface area contributed by atoms with Gasteiger partial charge in [0.1, 0.15) is 17.0 Å². The van der Waals surface area contributed by atoms with Gasteiger partial charge < -0.3 is 35.2 Å². The topological polar surface area (TPSA) is 178 Å². The first kappa shape index (κ1) is 35.2. The third kappa shape index (κ3) is 10.2. The first-order valence-electron chi connectivity index (χ1n) is 15.9. The van der Waals surface area contributed by atoms with Crippen LogP contribution >= 0.6 is 0 Å². The number of piperidine rings is 1. The van der Waals surface area contributed by atoms with E-state index in [9.17, 15) is 24.0 Å². The number of benzene rings is 1. The maximum Gasteiger partial charge on any atom is 0.407 e. The quantitative estimate of drug-likeness (QED) is 0.333. The van der Waals surface area contributed by atoms with Gasteiger partial charge in [0, 0.05) is 58.1 Å². The number of nitrogens with one attached hydrogen (secondary N) is 3. The number of alkyl carbamates (subject to hydrolysis) is 1. The third-order valence-corrected chi connectivity index (χ3v) is 8.09. The number of rotatable bonds is 8. The fraction of sp³-hybridized carbons (Fsp3) is 0.562. The van der Waals surface area contributed by atoms with E-state index in [1.54, 1.807) is 12.3 Å². The number of urea groups is 1. The number of hydrogen-bond acceptors (Lipinski definition) is 8. The normalized spacial score (nSPS) is 16.4. The van der Waals surface area contributed by atoms with Gasteiger partial charge in [-0.25, -0.2) is 19.2 Å². The zero-order chi connectivity index (χ0) is 34.4. The number of piperazine rings is 1. The first-order valence-corrected chi connectivity index (χ1v) is 15.9. The molecule has 2 saturated heterocycles. The molecule has 3 heterocycles. The van der Waals surface area contributed by atoms with E-state index in [0.717, 1.165) is 44.5 Å². The highest BCUT2D eigenvalue weighted by Gasteiger charge is 2.35. The minimum Gasteiger partial charge on any atom is -0.465 e. The van der Waals surface area contributed by atoms with Gasteiger partial charge in [-0.15, -0.1) is 0 Å². The van der Waals surface area contributed by atoms with Crippen molar-refractivity contribution < 1.29 is 29.0 Å². The lowest BCUT2D eigenvalue weighted by Gasteiger charge is -2.38. The Morgan fingerprint density at radius 2 is 1.53 bits per heavy atom. The second-order valence-corrected chi connectivity index (χ2v) is 13.4. The number of nitrogens with zero attached hydrogens (tertiary/aromatic N) is 5. The number of ether oxygens (including phenoxy) is 1. The lowest BCUT2D eigenvalue weighted by Crippen LogP contribution is -2.60. The van der Waals surface area contributed by atoms with Crippen LogP contribution in [0.4, 0.5) is 20.2 Å². The van der Waals surface area contributed by atoms with Gasteiger partial charge in [-0.05, 0) is 77.6 Å². The number of hydrogen-bond donors (Lipinski definition) is 4. The van der Waals surface area contributed by atoms with Crippen molar-refractivity contribution in [3.8, 4) is 5.69 Å². The Morgan fingerprint density at radius 3 is 2.11 bits per heavy atom. The second-order valence-electron chi connectivity index (χ2n) is 13.4. The van der Waals surface area contributed by atoms with Crippen LogP contribution in [-0.2, 0) is 16.0 Å². The van der Waals surface area contributed by atoms with Gasteiger partial charge in [0.2, 0.25) is 5.91 Å². The average Bonchev–Trinajstić information content (AvgIpc) is 2.99. The molecular weight excluding hydrogens is 608 g/mol. The summed E-state index contributed by atoms with van der Waals surface area (Å²) in [6, 6.07) is 8.91.